The van der Waals surface area contributed by atoms with Gasteiger partial charge in [0.05, 0.1) is 6.20 Å². The fourth-order valence-corrected chi connectivity index (χ4v) is 2.44. The van der Waals surface area contributed by atoms with E-state index < -0.39 is 0 Å². The van der Waals surface area contributed by atoms with Crippen LogP contribution in [-0.4, -0.2) is 11.1 Å². The number of aromatic nitrogens is 1. The van der Waals surface area contributed by atoms with Gasteiger partial charge in [0, 0.05) is 5.92 Å². The molecule has 2 aliphatic rings. The zero-order valence-corrected chi connectivity index (χ0v) is 7.77. The van der Waals surface area contributed by atoms with Crippen molar-refractivity contribution >= 4 is 11.6 Å². The van der Waals surface area contributed by atoms with Crippen molar-refractivity contribution < 1.29 is 9.32 Å². The normalized spacial score (nSPS) is 33.9. The molecule has 0 bridgehead atoms. The molecule has 0 radical (unpaired) electrons. The summed E-state index contributed by atoms with van der Waals surface area (Å²) in [6.07, 6.45) is 6.46. The van der Waals surface area contributed by atoms with E-state index in [0.717, 1.165) is 24.7 Å². The van der Waals surface area contributed by atoms with Crippen molar-refractivity contribution in [2.24, 2.45) is 17.8 Å². The van der Waals surface area contributed by atoms with Crippen LogP contribution in [0.15, 0.2) is 17.0 Å². The molecule has 0 spiro atoms. The van der Waals surface area contributed by atoms with Gasteiger partial charge < -0.3 is 9.84 Å². The van der Waals surface area contributed by atoms with Crippen LogP contribution in [0.4, 0.5) is 5.69 Å². The summed E-state index contributed by atoms with van der Waals surface area (Å²) in [4.78, 5) is 11.7. The maximum atomic E-state index is 11.7. The van der Waals surface area contributed by atoms with Gasteiger partial charge >= 0.3 is 0 Å². The van der Waals surface area contributed by atoms with E-state index in [1.165, 1.54) is 18.9 Å². The molecule has 0 aromatic carbocycles. The van der Waals surface area contributed by atoms with Crippen LogP contribution in [0.2, 0.25) is 0 Å². The molecule has 1 N–H and O–H groups in total. The second-order valence-corrected chi connectivity index (χ2v) is 4.33. The van der Waals surface area contributed by atoms with Crippen LogP contribution in [0.3, 0.4) is 0 Å². The molecule has 1 aromatic heterocycles. The van der Waals surface area contributed by atoms with Crippen LogP contribution in [0.5, 0.6) is 0 Å². The van der Waals surface area contributed by atoms with Gasteiger partial charge in [0.1, 0.15) is 12.0 Å². The molecule has 14 heavy (non-hydrogen) atoms. The number of nitrogens with zero attached hydrogens (tertiary/aromatic N) is 1. The number of carbonyl (C=O) groups is 1. The monoisotopic (exact) mass is 192 g/mol. The second kappa shape index (κ2) is 2.83. The molecule has 2 fully saturated rings. The molecule has 2 unspecified atom stereocenters. The van der Waals surface area contributed by atoms with Crippen molar-refractivity contribution in [1.29, 1.82) is 0 Å². The maximum absolute atomic E-state index is 11.7. The van der Waals surface area contributed by atoms with E-state index in [2.05, 4.69) is 15.0 Å². The zero-order chi connectivity index (χ0) is 9.54. The van der Waals surface area contributed by atoms with Crippen molar-refractivity contribution in [2.75, 3.05) is 5.32 Å². The lowest BCUT2D eigenvalue weighted by atomic mass is 10.0. The summed E-state index contributed by atoms with van der Waals surface area (Å²) >= 11 is 0. The maximum Gasteiger partial charge on any atom is 0.227 e. The van der Waals surface area contributed by atoms with E-state index in [-0.39, 0.29) is 11.8 Å². The van der Waals surface area contributed by atoms with Gasteiger partial charge in [-0.25, -0.2) is 0 Å². The molecule has 4 heteroatoms. The van der Waals surface area contributed by atoms with Gasteiger partial charge in [0.2, 0.25) is 5.91 Å². The fraction of sp³-hybridized carbons (Fsp3) is 0.600. The number of hydrogen-bond acceptors (Lipinski definition) is 3. The Hall–Kier alpha value is -1.32. The van der Waals surface area contributed by atoms with Crippen LogP contribution in [0, 0.1) is 17.8 Å². The minimum atomic E-state index is 0.125. The quantitative estimate of drug-likeness (QED) is 0.775. The molecule has 2 saturated carbocycles. The van der Waals surface area contributed by atoms with E-state index in [0.29, 0.717) is 5.69 Å². The Morgan fingerprint density at radius 2 is 2.21 bits per heavy atom. The lowest BCUT2D eigenvalue weighted by Gasteiger charge is -2.10. The van der Waals surface area contributed by atoms with Crippen LogP contribution >= 0.6 is 0 Å². The van der Waals surface area contributed by atoms with Crippen molar-refractivity contribution in [1.82, 2.24) is 5.16 Å². The zero-order valence-electron chi connectivity index (χ0n) is 7.77. The molecular weight excluding hydrogens is 180 g/mol. The van der Waals surface area contributed by atoms with Gasteiger partial charge in [0.25, 0.3) is 0 Å². The molecule has 4 nitrogen and oxygen atoms in total. The summed E-state index contributed by atoms with van der Waals surface area (Å²) < 4.78 is 4.64. The number of anilines is 1. The highest BCUT2D eigenvalue weighted by atomic mass is 16.5. The van der Waals surface area contributed by atoms with E-state index >= 15 is 0 Å². The predicted octanol–water partition coefficient (Wildman–Crippen LogP) is 1.66. The lowest BCUT2D eigenvalue weighted by molar-refractivity contribution is -0.120. The van der Waals surface area contributed by atoms with Crippen LogP contribution in [0.1, 0.15) is 19.3 Å². The standard InChI is InChI=1S/C10H12N2O2/c13-10(12-9-4-11-14-5-9)8-2-6-1-7(6)3-8/h4-8H,1-3H2,(H,12,13). The van der Waals surface area contributed by atoms with Gasteiger partial charge in [-0.15, -0.1) is 0 Å². The summed E-state index contributed by atoms with van der Waals surface area (Å²) in [7, 11) is 0. The van der Waals surface area contributed by atoms with Gasteiger partial charge in [-0.2, -0.15) is 0 Å². The highest BCUT2D eigenvalue weighted by Crippen LogP contribution is 2.54. The number of hydrogen-bond donors (Lipinski definition) is 1. The predicted molar refractivity (Wildman–Crippen MR) is 49.5 cm³/mol. The molecular formula is C10H12N2O2. The largest absolute Gasteiger partial charge is 0.363 e. The fourth-order valence-electron chi connectivity index (χ4n) is 2.44. The highest BCUT2D eigenvalue weighted by Gasteiger charge is 2.47. The molecule has 2 aliphatic carbocycles. The van der Waals surface area contributed by atoms with Gasteiger partial charge in [0.15, 0.2) is 0 Å². The summed E-state index contributed by atoms with van der Waals surface area (Å²) in [5, 5.41) is 6.35. The van der Waals surface area contributed by atoms with E-state index in [4.69, 9.17) is 0 Å². The number of fused-ring (bicyclic) bond motifs is 1. The van der Waals surface area contributed by atoms with Crippen molar-refractivity contribution in [3.8, 4) is 0 Å². The molecule has 3 rings (SSSR count). The summed E-state index contributed by atoms with van der Waals surface area (Å²) in [6.45, 7) is 0. The smallest absolute Gasteiger partial charge is 0.227 e. The first-order valence-corrected chi connectivity index (χ1v) is 5.03. The first-order valence-electron chi connectivity index (χ1n) is 5.03. The summed E-state index contributed by atoms with van der Waals surface area (Å²) in [6, 6.07) is 0. The van der Waals surface area contributed by atoms with E-state index in [1.807, 2.05) is 0 Å². The minimum absolute atomic E-state index is 0.125. The Morgan fingerprint density at radius 3 is 2.86 bits per heavy atom. The Bertz CT molecular complexity index is 337. The number of nitrogens with one attached hydrogen (secondary N) is 1. The molecule has 0 saturated heterocycles. The summed E-state index contributed by atoms with van der Waals surface area (Å²) in [5.41, 5.74) is 0.663. The Balaban J connectivity index is 1.60. The first kappa shape index (κ1) is 8.03. The molecule has 0 aliphatic heterocycles. The molecule has 2 atom stereocenters. The lowest BCUT2D eigenvalue weighted by Crippen LogP contribution is -2.21. The average Bonchev–Trinajstić information content (AvgIpc) is 2.68. The Labute approximate surface area is 81.7 Å². The number of amides is 1. The van der Waals surface area contributed by atoms with Crippen molar-refractivity contribution in [3.63, 3.8) is 0 Å². The van der Waals surface area contributed by atoms with Crippen LogP contribution in [-0.2, 0) is 4.79 Å². The first-order chi connectivity index (χ1) is 6.83. The molecule has 1 amide bonds. The van der Waals surface area contributed by atoms with E-state index in [9.17, 15) is 4.79 Å². The van der Waals surface area contributed by atoms with Crippen LogP contribution < -0.4 is 5.32 Å². The third-order valence-electron chi connectivity index (χ3n) is 3.31. The van der Waals surface area contributed by atoms with Crippen molar-refractivity contribution in [2.45, 2.75) is 19.3 Å². The topological polar surface area (TPSA) is 55.1 Å². The SMILES string of the molecule is O=C(Nc1cnoc1)C1CC2CC2C1. The van der Waals surface area contributed by atoms with Gasteiger partial charge in [-0.1, -0.05) is 5.16 Å². The highest BCUT2D eigenvalue weighted by molar-refractivity contribution is 5.92. The molecule has 1 aromatic rings. The Kier molecular flexibility index (Phi) is 1.63. The number of rotatable bonds is 2. The molecule has 1 heterocycles. The third-order valence-corrected chi connectivity index (χ3v) is 3.31. The Morgan fingerprint density at radius 1 is 1.43 bits per heavy atom. The van der Waals surface area contributed by atoms with Crippen LogP contribution in [0.25, 0.3) is 0 Å². The minimum Gasteiger partial charge on any atom is -0.363 e. The van der Waals surface area contributed by atoms with Gasteiger partial charge in [-0.05, 0) is 31.1 Å². The van der Waals surface area contributed by atoms with Gasteiger partial charge in [-0.3, -0.25) is 4.79 Å². The summed E-state index contributed by atoms with van der Waals surface area (Å²) in [5.74, 6) is 2.02. The van der Waals surface area contributed by atoms with Crippen molar-refractivity contribution in [3.05, 3.63) is 12.5 Å². The second-order valence-electron chi connectivity index (χ2n) is 4.33. The molecule has 74 valence electrons. The van der Waals surface area contributed by atoms with E-state index in [1.54, 1.807) is 0 Å². The average molecular weight is 192 g/mol. The number of carbonyl (C=O) groups excluding carboxylic acids is 1. The third kappa shape index (κ3) is 1.31.